The molecule has 1 aliphatic heterocycles. The first-order chi connectivity index (χ1) is 10.1. The van der Waals surface area contributed by atoms with E-state index < -0.39 is 0 Å². The fourth-order valence-electron chi connectivity index (χ4n) is 2.65. The molecule has 1 amide bonds. The lowest BCUT2D eigenvalue weighted by Crippen LogP contribution is -2.42. The van der Waals surface area contributed by atoms with Crippen molar-refractivity contribution in [2.45, 2.75) is 32.2 Å². The molecule has 0 aromatic heterocycles. The predicted molar refractivity (Wildman–Crippen MR) is 83.3 cm³/mol. The number of carbonyl (C=O) groups excluding carboxylic acids is 1. The molecule has 1 aromatic rings. The zero-order chi connectivity index (χ0) is 15.1. The number of hydrogen-bond donors (Lipinski definition) is 1. The third kappa shape index (κ3) is 5.31. The molecule has 0 aliphatic carbocycles. The number of nitrogens with one attached hydrogen (secondary N) is 1. The number of nitrogens with zero attached hydrogens (tertiary/aromatic N) is 1. The van der Waals surface area contributed by atoms with Gasteiger partial charge in [0.25, 0.3) is 0 Å². The molecule has 2 rings (SSSR count). The quantitative estimate of drug-likeness (QED) is 0.846. The van der Waals surface area contributed by atoms with Crippen LogP contribution in [0.4, 0.5) is 4.39 Å². The van der Waals surface area contributed by atoms with Crippen LogP contribution in [0.25, 0.3) is 6.08 Å². The predicted octanol–water partition coefficient (Wildman–Crippen LogP) is 2.83. The summed E-state index contributed by atoms with van der Waals surface area (Å²) in [5.41, 5.74) is 0.690. The van der Waals surface area contributed by atoms with E-state index in [1.807, 2.05) is 0 Å². The average molecular weight is 290 g/mol. The molecule has 21 heavy (non-hydrogen) atoms. The minimum atomic E-state index is -0.295. The van der Waals surface area contributed by atoms with Crippen molar-refractivity contribution >= 4 is 12.0 Å². The summed E-state index contributed by atoms with van der Waals surface area (Å²) in [6.07, 6.45) is 6.88. The Kier molecular flexibility index (Phi) is 5.93. The first-order valence-corrected chi connectivity index (χ1v) is 7.60. The van der Waals surface area contributed by atoms with Gasteiger partial charge in [-0.1, -0.05) is 18.6 Å². The zero-order valence-electron chi connectivity index (χ0n) is 12.5. The summed E-state index contributed by atoms with van der Waals surface area (Å²) in [4.78, 5) is 14.1. The molecular formula is C17H23FN2O. The van der Waals surface area contributed by atoms with E-state index in [4.69, 9.17) is 0 Å². The molecule has 1 heterocycles. The summed E-state index contributed by atoms with van der Waals surface area (Å²) in [5.74, 6) is -0.430. The summed E-state index contributed by atoms with van der Waals surface area (Å²) in [6, 6.07) is 6.79. The largest absolute Gasteiger partial charge is 0.351 e. The summed E-state index contributed by atoms with van der Waals surface area (Å²) in [7, 11) is 0. The first-order valence-electron chi connectivity index (χ1n) is 7.60. The Morgan fingerprint density at radius 3 is 3.10 bits per heavy atom. The van der Waals surface area contributed by atoms with Crippen LogP contribution in [0.1, 0.15) is 31.7 Å². The molecule has 0 spiro atoms. The normalized spacial score (nSPS) is 19.8. The van der Waals surface area contributed by atoms with Gasteiger partial charge in [-0.2, -0.15) is 0 Å². The number of likely N-dealkylation sites (tertiary alicyclic amines) is 1. The Balaban J connectivity index is 1.72. The van der Waals surface area contributed by atoms with Gasteiger partial charge in [-0.05, 0) is 50.1 Å². The van der Waals surface area contributed by atoms with Crippen molar-refractivity contribution in [2.75, 3.05) is 19.6 Å². The fraction of sp³-hybridized carbons (Fsp3) is 0.471. The van der Waals surface area contributed by atoms with Crippen LogP contribution in [0.3, 0.4) is 0 Å². The molecule has 1 N–H and O–H groups in total. The molecule has 0 radical (unpaired) electrons. The van der Waals surface area contributed by atoms with Gasteiger partial charge >= 0.3 is 0 Å². The van der Waals surface area contributed by atoms with Gasteiger partial charge in [-0.3, -0.25) is 9.69 Å². The summed E-state index contributed by atoms with van der Waals surface area (Å²) in [5, 5.41) is 2.87. The highest BCUT2D eigenvalue weighted by molar-refractivity contribution is 5.91. The number of piperidine rings is 1. The SMILES string of the molecule is CC1CCCCN1CCNC(=O)C=Cc1cccc(F)c1. The highest BCUT2D eigenvalue weighted by atomic mass is 19.1. The molecule has 0 bridgehead atoms. The molecule has 1 atom stereocenters. The number of carbonyl (C=O) groups is 1. The van der Waals surface area contributed by atoms with Crippen LogP contribution in [-0.2, 0) is 4.79 Å². The van der Waals surface area contributed by atoms with Gasteiger partial charge < -0.3 is 5.32 Å². The Bertz CT molecular complexity index is 501. The highest BCUT2D eigenvalue weighted by Gasteiger charge is 2.17. The molecule has 1 saturated heterocycles. The molecule has 1 aliphatic rings. The lowest BCUT2D eigenvalue weighted by molar-refractivity contribution is -0.116. The van der Waals surface area contributed by atoms with E-state index in [-0.39, 0.29) is 11.7 Å². The second-order valence-electron chi connectivity index (χ2n) is 5.56. The van der Waals surface area contributed by atoms with Gasteiger partial charge in [0.1, 0.15) is 5.82 Å². The molecule has 1 fully saturated rings. The number of amides is 1. The monoisotopic (exact) mass is 290 g/mol. The van der Waals surface area contributed by atoms with Crippen LogP contribution in [0.15, 0.2) is 30.3 Å². The maximum atomic E-state index is 13.0. The van der Waals surface area contributed by atoms with E-state index in [9.17, 15) is 9.18 Å². The van der Waals surface area contributed by atoms with Crippen molar-refractivity contribution in [3.8, 4) is 0 Å². The standard InChI is InChI=1S/C17H23FN2O/c1-14-5-2-3-11-20(14)12-10-19-17(21)9-8-15-6-4-7-16(18)13-15/h4,6-9,13-14H,2-3,5,10-12H2,1H3,(H,19,21). The highest BCUT2D eigenvalue weighted by Crippen LogP contribution is 2.15. The minimum Gasteiger partial charge on any atom is -0.351 e. The molecule has 4 heteroatoms. The topological polar surface area (TPSA) is 32.3 Å². The van der Waals surface area contributed by atoms with E-state index >= 15 is 0 Å². The number of halogens is 1. The molecule has 3 nitrogen and oxygen atoms in total. The average Bonchev–Trinajstić information content (AvgIpc) is 2.47. The second kappa shape index (κ2) is 7.93. The van der Waals surface area contributed by atoms with E-state index in [2.05, 4.69) is 17.1 Å². The Morgan fingerprint density at radius 1 is 1.48 bits per heavy atom. The van der Waals surface area contributed by atoms with Crippen molar-refractivity contribution in [1.29, 1.82) is 0 Å². The lowest BCUT2D eigenvalue weighted by atomic mass is 10.0. The molecule has 1 unspecified atom stereocenters. The van der Waals surface area contributed by atoms with Gasteiger partial charge in [0.2, 0.25) is 5.91 Å². The Morgan fingerprint density at radius 2 is 2.33 bits per heavy atom. The Labute approximate surface area is 125 Å². The Hall–Kier alpha value is -1.68. The third-order valence-corrected chi connectivity index (χ3v) is 3.91. The summed E-state index contributed by atoms with van der Waals surface area (Å²) < 4.78 is 13.0. The fourth-order valence-corrected chi connectivity index (χ4v) is 2.65. The summed E-state index contributed by atoms with van der Waals surface area (Å²) in [6.45, 7) is 4.90. The van der Waals surface area contributed by atoms with Crippen molar-refractivity contribution in [3.05, 3.63) is 41.7 Å². The second-order valence-corrected chi connectivity index (χ2v) is 5.56. The van der Waals surface area contributed by atoms with E-state index in [1.54, 1.807) is 18.2 Å². The van der Waals surface area contributed by atoms with Crippen LogP contribution in [0, 0.1) is 5.82 Å². The first kappa shape index (κ1) is 15.7. The number of hydrogen-bond acceptors (Lipinski definition) is 2. The molecule has 1 aromatic carbocycles. The minimum absolute atomic E-state index is 0.135. The van der Waals surface area contributed by atoms with E-state index in [1.165, 1.54) is 37.5 Å². The number of benzene rings is 1. The van der Waals surface area contributed by atoms with Crippen LogP contribution >= 0.6 is 0 Å². The zero-order valence-corrected chi connectivity index (χ0v) is 12.5. The lowest BCUT2D eigenvalue weighted by Gasteiger charge is -2.33. The smallest absolute Gasteiger partial charge is 0.244 e. The van der Waals surface area contributed by atoms with Crippen molar-refractivity contribution < 1.29 is 9.18 Å². The van der Waals surface area contributed by atoms with Crippen molar-refractivity contribution in [1.82, 2.24) is 10.2 Å². The van der Waals surface area contributed by atoms with E-state index in [0.717, 1.165) is 13.1 Å². The van der Waals surface area contributed by atoms with Gasteiger partial charge in [-0.25, -0.2) is 4.39 Å². The maximum absolute atomic E-state index is 13.0. The molecular weight excluding hydrogens is 267 g/mol. The van der Waals surface area contributed by atoms with Crippen LogP contribution in [0.2, 0.25) is 0 Å². The van der Waals surface area contributed by atoms with Gasteiger partial charge in [0.15, 0.2) is 0 Å². The van der Waals surface area contributed by atoms with Gasteiger partial charge in [-0.15, -0.1) is 0 Å². The van der Waals surface area contributed by atoms with E-state index in [0.29, 0.717) is 18.2 Å². The van der Waals surface area contributed by atoms with Crippen molar-refractivity contribution in [2.24, 2.45) is 0 Å². The van der Waals surface area contributed by atoms with Crippen LogP contribution in [-0.4, -0.2) is 36.5 Å². The third-order valence-electron chi connectivity index (χ3n) is 3.91. The van der Waals surface area contributed by atoms with Gasteiger partial charge in [0, 0.05) is 25.2 Å². The maximum Gasteiger partial charge on any atom is 0.244 e. The summed E-state index contributed by atoms with van der Waals surface area (Å²) >= 11 is 0. The van der Waals surface area contributed by atoms with Crippen LogP contribution < -0.4 is 5.32 Å². The van der Waals surface area contributed by atoms with Crippen LogP contribution in [0.5, 0.6) is 0 Å². The molecule has 114 valence electrons. The molecule has 0 saturated carbocycles. The number of rotatable bonds is 5. The van der Waals surface area contributed by atoms with Crippen molar-refractivity contribution in [3.63, 3.8) is 0 Å². The van der Waals surface area contributed by atoms with Gasteiger partial charge in [0.05, 0.1) is 0 Å².